The van der Waals surface area contributed by atoms with E-state index in [0.29, 0.717) is 39.0 Å². The molecule has 4 fully saturated rings. The lowest BCUT2D eigenvalue weighted by molar-refractivity contribution is -0.178. The summed E-state index contributed by atoms with van der Waals surface area (Å²) in [6.07, 6.45) is 0.500. The molecule has 1 spiro atoms. The summed E-state index contributed by atoms with van der Waals surface area (Å²) in [4.78, 5) is 104. The van der Waals surface area contributed by atoms with Gasteiger partial charge in [-0.3, -0.25) is 33.8 Å². The van der Waals surface area contributed by atoms with Crippen LogP contribution in [0.3, 0.4) is 0 Å². The van der Waals surface area contributed by atoms with Crippen molar-refractivity contribution in [3.05, 3.63) is 0 Å². The molecule has 4 aliphatic rings. The first kappa shape index (κ1) is 44.6. The van der Waals surface area contributed by atoms with E-state index < -0.39 is 70.4 Å². The number of likely N-dealkylation sites (N-methyl/N-ethyl adjacent to an activating group) is 2. The van der Waals surface area contributed by atoms with Crippen molar-refractivity contribution >= 4 is 41.8 Å². The molecule has 56 heavy (non-hydrogen) atoms. The summed E-state index contributed by atoms with van der Waals surface area (Å²) in [5, 5.41) is 0. The van der Waals surface area contributed by atoms with Crippen LogP contribution in [0.4, 0.5) is 9.59 Å². The van der Waals surface area contributed by atoms with Crippen molar-refractivity contribution < 1.29 is 47.8 Å². The number of ether oxygens (including phenoxy) is 3. The zero-order valence-electron chi connectivity index (χ0n) is 35.9. The van der Waals surface area contributed by atoms with E-state index in [1.54, 1.807) is 93.0 Å². The number of esters is 1. The van der Waals surface area contributed by atoms with Gasteiger partial charge < -0.3 is 33.8 Å². The summed E-state index contributed by atoms with van der Waals surface area (Å²) in [6, 6.07) is -1.87. The van der Waals surface area contributed by atoms with Crippen LogP contribution in [0, 0.1) is 11.8 Å². The van der Waals surface area contributed by atoms with Gasteiger partial charge in [-0.1, -0.05) is 0 Å². The summed E-state index contributed by atoms with van der Waals surface area (Å²) in [5.41, 5.74) is -4.13. The topological polar surface area (TPSA) is 167 Å². The second kappa shape index (κ2) is 16.4. The van der Waals surface area contributed by atoms with Crippen molar-refractivity contribution in [2.45, 2.75) is 149 Å². The number of likely N-dealkylation sites (tertiary alicyclic amines) is 4. The number of hydrogen-bond acceptors (Lipinski definition) is 10. The molecule has 4 heterocycles. The molecular weight excluding hydrogens is 724 g/mol. The quantitative estimate of drug-likeness (QED) is 0.182. The summed E-state index contributed by atoms with van der Waals surface area (Å²) in [5.74, 6) is -2.11. The van der Waals surface area contributed by atoms with E-state index in [1.165, 1.54) is 26.5 Å². The van der Waals surface area contributed by atoms with E-state index in [-0.39, 0.29) is 43.3 Å². The van der Waals surface area contributed by atoms with Crippen LogP contribution in [-0.4, -0.2) is 165 Å². The summed E-state index contributed by atoms with van der Waals surface area (Å²) < 4.78 is 16.8. The Kier molecular flexibility index (Phi) is 13.1. The van der Waals surface area contributed by atoms with Crippen molar-refractivity contribution in [3.63, 3.8) is 0 Å². The van der Waals surface area contributed by atoms with E-state index in [2.05, 4.69) is 0 Å². The molecule has 0 aliphatic carbocycles. The lowest BCUT2D eigenvalue weighted by atomic mass is 9.78. The smallest absolute Gasteiger partial charge is 0.411 e. The average molecular weight is 791 g/mol. The highest BCUT2D eigenvalue weighted by atomic mass is 16.6. The Morgan fingerprint density at radius 2 is 1.43 bits per heavy atom. The molecule has 4 rings (SSSR count). The first-order valence-corrected chi connectivity index (χ1v) is 20.1. The Morgan fingerprint density at radius 3 is 1.95 bits per heavy atom. The van der Waals surface area contributed by atoms with E-state index >= 15 is 0 Å². The average Bonchev–Trinajstić information content (AvgIpc) is 3.86. The van der Waals surface area contributed by atoms with Crippen molar-refractivity contribution in [2.24, 2.45) is 11.8 Å². The fourth-order valence-electron chi connectivity index (χ4n) is 8.71. The molecule has 4 saturated heterocycles. The summed E-state index contributed by atoms with van der Waals surface area (Å²) in [7, 11) is 1.56. The number of rotatable bonds is 10. The first-order valence-electron chi connectivity index (χ1n) is 20.1. The van der Waals surface area contributed by atoms with E-state index in [0.717, 1.165) is 12.8 Å². The van der Waals surface area contributed by atoms with Gasteiger partial charge >= 0.3 is 18.2 Å². The Bertz CT molecular complexity index is 1550. The molecule has 16 heteroatoms. The Hall–Kier alpha value is -4.11. The molecule has 0 saturated carbocycles. The van der Waals surface area contributed by atoms with E-state index in [9.17, 15) is 33.6 Å². The van der Waals surface area contributed by atoms with Crippen LogP contribution in [0.1, 0.15) is 109 Å². The van der Waals surface area contributed by atoms with Gasteiger partial charge in [0.15, 0.2) is 0 Å². The second-order valence-corrected chi connectivity index (χ2v) is 18.5. The van der Waals surface area contributed by atoms with Gasteiger partial charge in [0, 0.05) is 53.2 Å². The van der Waals surface area contributed by atoms with Crippen LogP contribution in [-0.2, 0) is 38.2 Å². The van der Waals surface area contributed by atoms with Gasteiger partial charge in [-0.2, -0.15) is 0 Å². The minimum atomic E-state index is -1.30. The third kappa shape index (κ3) is 9.19. The number of nitrogens with zero attached hydrogens (tertiary/aromatic N) is 6. The zero-order chi connectivity index (χ0) is 42.3. The third-order valence-corrected chi connectivity index (χ3v) is 11.6. The van der Waals surface area contributed by atoms with E-state index in [1.807, 2.05) is 0 Å². The molecule has 4 aliphatic heterocycles. The molecule has 0 aromatic rings. The van der Waals surface area contributed by atoms with Gasteiger partial charge in [0.1, 0.15) is 40.5 Å². The van der Waals surface area contributed by atoms with Crippen LogP contribution >= 0.6 is 0 Å². The minimum Gasteiger partial charge on any atom is -0.460 e. The summed E-state index contributed by atoms with van der Waals surface area (Å²) in [6.45, 7) is 22.6. The van der Waals surface area contributed by atoms with Crippen LogP contribution < -0.4 is 0 Å². The summed E-state index contributed by atoms with van der Waals surface area (Å²) >= 11 is 0. The molecule has 0 N–H and O–H groups in total. The highest BCUT2D eigenvalue weighted by Gasteiger charge is 2.66. The maximum atomic E-state index is 14.5. The van der Waals surface area contributed by atoms with Crippen LogP contribution in [0.15, 0.2) is 0 Å². The number of amides is 6. The number of carbonyl (C=O) groups excluding carboxylic acids is 7. The van der Waals surface area contributed by atoms with Crippen molar-refractivity contribution in [1.82, 2.24) is 29.4 Å². The van der Waals surface area contributed by atoms with Crippen molar-refractivity contribution in [3.8, 4) is 0 Å². The Morgan fingerprint density at radius 1 is 0.839 bits per heavy atom. The normalized spacial score (nSPS) is 24.4. The van der Waals surface area contributed by atoms with Crippen LogP contribution in [0.5, 0.6) is 0 Å². The highest BCUT2D eigenvalue weighted by Crippen LogP contribution is 2.47. The number of carbonyl (C=O) groups is 7. The van der Waals surface area contributed by atoms with Gasteiger partial charge in [-0.15, -0.1) is 0 Å². The molecule has 0 bridgehead atoms. The molecule has 16 nitrogen and oxygen atoms in total. The highest BCUT2D eigenvalue weighted by molar-refractivity contribution is 6.00. The predicted molar refractivity (Wildman–Crippen MR) is 206 cm³/mol. The second-order valence-electron chi connectivity index (χ2n) is 18.5. The Labute approximate surface area is 332 Å². The maximum Gasteiger partial charge on any atom is 0.411 e. The fourth-order valence-corrected chi connectivity index (χ4v) is 8.71. The van der Waals surface area contributed by atoms with Gasteiger partial charge in [-0.25, -0.2) is 9.59 Å². The minimum absolute atomic E-state index is 0.0560. The third-order valence-electron chi connectivity index (χ3n) is 11.6. The molecule has 6 atom stereocenters. The molecule has 6 amide bonds. The van der Waals surface area contributed by atoms with Crippen molar-refractivity contribution in [2.75, 3.05) is 52.9 Å². The molecular formula is C40H66N6O10. The first-order chi connectivity index (χ1) is 25.8. The van der Waals surface area contributed by atoms with Gasteiger partial charge in [0.2, 0.25) is 17.7 Å². The van der Waals surface area contributed by atoms with Crippen LogP contribution in [0.25, 0.3) is 0 Å². The monoisotopic (exact) mass is 790 g/mol. The van der Waals surface area contributed by atoms with Crippen LogP contribution in [0.2, 0.25) is 0 Å². The predicted octanol–water partition coefficient (Wildman–Crippen LogP) is 3.50. The van der Waals surface area contributed by atoms with Gasteiger partial charge in [0.25, 0.3) is 5.91 Å². The molecule has 0 radical (unpaired) electrons. The number of hydrogen-bond donors (Lipinski definition) is 0. The lowest BCUT2D eigenvalue weighted by Gasteiger charge is -2.54. The largest absolute Gasteiger partial charge is 0.460 e. The molecule has 316 valence electrons. The fraction of sp³-hybridized carbons (Fsp3) is 0.825. The molecule has 0 aromatic heterocycles. The standard InChI is InChI=1S/C40H66N6O10/c1-14-45(35(52)55-37(5,6)7)39(11,12)33(50)41(13)25(2)31(48)43-20-17-28(22-43)29-21-40(46(23-29)36(53)56-38(8,9)10)24-44(34(40)51)30(26(3)54-27(4)47)32(49)42-18-15-16-19-42/h25-26,28-30H,14-24H2,1-13H3/t25-,26+,28?,29?,30-,40?/m0/s1. The number of β-lactam (4-membered cyclic amide) rings is 1. The lowest BCUT2D eigenvalue weighted by Crippen LogP contribution is -2.77. The zero-order valence-corrected chi connectivity index (χ0v) is 35.9. The molecule has 3 unspecified atom stereocenters. The maximum absolute atomic E-state index is 14.5. The Balaban J connectivity index is 1.51. The van der Waals surface area contributed by atoms with Gasteiger partial charge in [0.05, 0.1) is 6.54 Å². The molecule has 0 aromatic carbocycles. The van der Waals surface area contributed by atoms with Gasteiger partial charge in [-0.05, 0) is 114 Å². The van der Waals surface area contributed by atoms with E-state index in [4.69, 9.17) is 14.2 Å². The van der Waals surface area contributed by atoms with Crippen molar-refractivity contribution in [1.29, 1.82) is 0 Å². The SMILES string of the molecule is CCN(C(=O)OC(C)(C)C)C(C)(C)C(=O)N(C)[C@@H](C)C(=O)N1CCC(C2CN(C(=O)OC(C)(C)C)C3(C2)CN([C@H](C(=O)N2CCCC2)[C@@H](C)OC(C)=O)C3=O)C1.